The van der Waals surface area contributed by atoms with Crippen molar-refractivity contribution in [1.82, 2.24) is 4.81 Å². The lowest BCUT2D eigenvalue weighted by Crippen LogP contribution is -2.39. The first-order valence-corrected chi connectivity index (χ1v) is 5.24. The zero-order chi connectivity index (χ0) is 11.7. The van der Waals surface area contributed by atoms with Crippen LogP contribution in [0.25, 0.3) is 0 Å². The zero-order valence-corrected chi connectivity index (χ0v) is 9.38. The van der Waals surface area contributed by atoms with Gasteiger partial charge in [0.05, 0.1) is 7.11 Å². The van der Waals surface area contributed by atoms with E-state index in [9.17, 15) is 9.82 Å². The van der Waals surface area contributed by atoms with Crippen molar-refractivity contribution in [2.45, 2.75) is 19.4 Å². The predicted molar refractivity (Wildman–Crippen MR) is 60.6 cm³/mol. The number of benzene rings is 1. The molecule has 0 bridgehead atoms. The molecular formula is C11H14BNO3. The highest BCUT2D eigenvalue weighted by Crippen LogP contribution is 2.34. The van der Waals surface area contributed by atoms with Gasteiger partial charge in [0.15, 0.2) is 0 Å². The summed E-state index contributed by atoms with van der Waals surface area (Å²) in [4.78, 5) is 13.4. The van der Waals surface area contributed by atoms with Crippen molar-refractivity contribution in [1.29, 1.82) is 0 Å². The van der Waals surface area contributed by atoms with Gasteiger partial charge in [-0.05, 0) is 17.9 Å². The van der Waals surface area contributed by atoms with Crippen LogP contribution < -0.4 is 0 Å². The summed E-state index contributed by atoms with van der Waals surface area (Å²) in [6.45, 7) is 2.23. The Kier molecular flexibility index (Phi) is 2.98. The van der Waals surface area contributed by atoms with E-state index in [2.05, 4.69) is 0 Å². The molecule has 0 aromatic heterocycles. The molecule has 84 valence electrons. The van der Waals surface area contributed by atoms with Gasteiger partial charge in [-0.3, -0.25) is 9.61 Å². The third-order valence-electron chi connectivity index (χ3n) is 2.94. The van der Waals surface area contributed by atoms with E-state index < -0.39 is 13.1 Å². The van der Waals surface area contributed by atoms with Crippen LogP contribution in [0.4, 0.5) is 0 Å². The monoisotopic (exact) mass is 219 g/mol. The van der Waals surface area contributed by atoms with Gasteiger partial charge in [-0.15, -0.1) is 0 Å². The van der Waals surface area contributed by atoms with E-state index >= 15 is 0 Å². The number of methoxy groups -OCH3 is 1. The SMILES string of the molecule is COC(=O)C1c2ccccc2CN1B(C)O. The Balaban J connectivity index is 2.40. The number of ether oxygens (including phenoxy) is 1. The Morgan fingerprint density at radius 3 is 2.88 bits per heavy atom. The van der Waals surface area contributed by atoms with E-state index in [1.54, 1.807) is 11.6 Å². The molecule has 1 aliphatic heterocycles. The highest BCUT2D eigenvalue weighted by Gasteiger charge is 2.39. The summed E-state index contributed by atoms with van der Waals surface area (Å²) in [7, 11) is 0.695. The van der Waals surface area contributed by atoms with Crippen LogP contribution in [0.5, 0.6) is 0 Å². The fourth-order valence-electron chi connectivity index (χ4n) is 2.13. The molecule has 2 rings (SSSR count). The van der Waals surface area contributed by atoms with Gasteiger partial charge in [-0.1, -0.05) is 24.3 Å². The van der Waals surface area contributed by atoms with Crippen LogP contribution in [0.15, 0.2) is 24.3 Å². The second-order valence-corrected chi connectivity index (χ2v) is 3.93. The van der Waals surface area contributed by atoms with E-state index in [-0.39, 0.29) is 5.97 Å². The van der Waals surface area contributed by atoms with Gasteiger partial charge in [0.2, 0.25) is 0 Å². The standard InChI is InChI=1S/C11H14BNO3/c1-12(15)13-7-8-5-3-4-6-9(8)10(13)11(14)16-2/h3-6,10,15H,7H2,1-2H3. The highest BCUT2D eigenvalue weighted by atomic mass is 16.5. The van der Waals surface area contributed by atoms with Crippen LogP contribution >= 0.6 is 0 Å². The average Bonchev–Trinajstić information content (AvgIpc) is 2.67. The normalized spacial score (nSPS) is 19.3. The Bertz CT molecular complexity index is 408. The number of esters is 1. The van der Waals surface area contributed by atoms with Crippen molar-refractivity contribution in [3.8, 4) is 0 Å². The lowest BCUT2D eigenvalue weighted by molar-refractivity contribution is -0.145. The molecule has 0 radical (unpaired) electrons. The van der Waals surface area contributed by atoms with Crippen molar-refractivity contribution in [3.63, 3.8) is 0 Å². The molecular weight excluding hydrogens is 205 g/mol. The van der Waals surface area contributed by atoms with E-state index in [1.165, 1.54) is 7.11 Å². The summed E-state index contributed by atoms with van der Waals surface area (Å²) < 4.78 is 4.78. The van der Waals surface area contributed by atoms with E-state index in [4.69, 9.17) is 4.74 Å². The second-order valence-electron chi connectivity index (χ2n) is 3.93. The maximum atomic E-state index is 11.7. The third-order valence-corrected chi connectivity index (χ3v) is 2.94. The van der Waals surface area contributed by atoms with Crippen LogP contribution in [0.3, 0.4) is 0 Å². The number of hydrogen-bond donors (Lipinski definition) is 1. The molecule has 0 saturated carbocycles. The fraction of sp³-hybridized carbons (Fsp3) is 0.364. The summed E-state index contributed by atoms with van der Waals surface area (Å²) >= 11 is 0. The second kappa shape index (κ2) is 4.27. The lowest BCUT2D eigenvalue weighted by atomic mass is 9.83. The minimum Gasteiger partial charge on any atom is -0.468 e. The molecule has 1 aromatic rings. The summed E-state index contributed by atoms with van der Waals surface area (Å²) in [6, 6.07) is 7.20. The highest BCUT2D eigenvalue weighted by molar-refractivity contribution is 6.45. The molecule has 0 fully saturated rings. The molecule has 1 aromatic carbocycles. The van der Waals surface area contributed by atoms with Gasteiger partial charge in [0, 0.05) is 6.54 Å². The van der Waals surface area contributed by atoms with Gasteiger partial charge < -0.3 is 9.76 Å². The fourth-order valence-corrected chi connectivity index (χ4v) is 2.13. The maximum Gasteiger partial charge on any atom is 0.377 e. The minimum absolute atomic E-state index is 0.328. The molecule has 1 N–H and O–H groups in total. The quantitative estimate of drug-likeness (QED) is 0.591. The summed E-state index contributed by atoms with van der Waals surface area (Å²) in [5, 5.41) is 9.66. The first-order valence-electron chi connectivity index (χ1n) is 5.24. The van der Waals surface area contributed by atoms with Crippen LogP contribution in [0, 0.1) is 0 Å². The van der Waals surface area contributed by atoms with E-state index in [0.29, 0.717) is 6.54 Å². The van der Waals surface area contributed by atoms with Crippen molar-refractivity contribution in [2.24, 2.45) is 0 Å². The van der Waals surface area contributed by atoms with Crippen LogP contribution in [0.2, 0.25) is 6.82 Å². The predicted octanol–water partition coefficient (Wildman–Crippen LogP) is 0.827. The van der Waals surface area contributed by atoms with Gasteiger partial charge in [0.1, 0.15) is 6.04 Å². The van der Waals surface area contributed by atoms with Crippen LogP contribution in [-0.2, 0) is 16.1 Å². The van der Waals surface area contributed by atoms with Crippen molar-refractivity contribution in [3.05, 3.63) is 35.4 Å². The number of carbonyl (C=O) groups is 1. The number of carbonyl (C=O) groups excluding carboxylic acids is 1. The van der Waals surface area contributed by atoms with E-state index in [1.807, 2.05) is 24.3 Å². The summed E-state index contributed by atoms with van der Waals surface area (Å²) in [6.07, 6.45) is 0. The van der Waals surface area contributed by atoms with Crippen molar-refractivity contribution in [2.75, 3.05) is 7.11 Å². The molecule has 16 heavy (non-hydrogen) atoms. The lowest BCUT2D eigenvalue weighted by Gasteiger charge is -2.23. The first-order chi connectivity index (χ1) is 7.65. The Morgan fingerprint density at radius 1 is 1.56 bits per heavy atom. The van der Waals surface area contributed by atoms with Crippen LogP contribution in [0.1, 0.15) is 17.2 Å². The number of fused-ring (bicyclic) bond motifs is 1. The number of rotatable bonds is 2. The summed E-state index contributed by atoms with van der Waals surface area (Å²) in [5.41, 5.74) is 1.99. The van der Waals surface area contributed by atoms with E-state index in [0.717, 1.165) is 11.1 Å². The first kappa shape index (κ1) is 11.2. The topological polar surface area (TPSA) is 49.8 Å². The van der Waals surface area contributed by atoms with Gasteiger partial charge in [-0.25, -0.2) is 0 Å². The third kappa shape index (κ3) is 1.72. The molecule has 0 saturated heterocycles. The zero-order valence-electron chi connectivity index (χ0n) is 9.38. The van der Waals surface area contributed by atoms with Gasteiger partial charge in [-0.2, -0.15) is 0 Å². The molecule has 0 spiro atoms. The summed E-state index contributed by atoms with van der Waals surface area (Å²) in [5.74, 6) is -0.328. The molecule has 1 unspecified atom stereocenters. The average molecular weight is 219 g/mol. The Labute approximate surface area is 95.0 Å². The van der Waals surface area contributed by atoms with Crippen molar-refractivity contribution < 1.29 is 14.6 Å². The van der Waals surface area contributed by atoms with Gasteiger partial charge >= 0.3 is 13.0 Å². The number of hydrogen-bond acceptors (Lipinski definition) is 4. The number of nitrogens with zero attached hydrogens (tertiary/aromatic N) is 1. The largest absolute Gasteiger partial charge is 0.468 e. The molecule has 1 aliphatic rings. The van der Waals surface area contributed by atoms with Gasteiger partial charge in [0.25, 0.3) is 0 Å². The van der Waals surface area contributed by atoms with Crippen LogP contribution in [-0.4, -0.2) is 30.0 Å². The molecule has 1 atom stereocenters. The smallest absolute Gasteiger partial charge is 0.377 e. The maximum absolute atomic E-state index is 11.7. The molecule has 5 heteroatoms. The molecule has 4 nitrogen and oxygen atoms in total. The Hall–Kier alpha value is -1.33. The molecule has 1 heterocycles. The molecule has 0 aliphatic carbocycles. The Morgan fingerprint density at radius 2 is 2.25 bits per heavy atom. The van der Waals surface area contributed by atoms with Crippen molar-refractivity contribution >= 4 is 13.0 Å². The molecule has 0 amide bonds. The minimum atomic E-state index is -0.670.